The maximum atomic E-state index is 12.4. The highest BCUT2D eigenvalue weighted by molar-refractivity contribution is 5.76. The second kappa shape index (κ2) is 5.91. The zero-order valence-electron chi connectivity index (χ0n) is 9.96. The lowest BCUT2D eigenvalue weighted by molar-refractivity contribution is -0.122. The molecular formula is C13H16F2N2O. The predicted octanol–water partition coefficient (Wildman–Crippen LogP) is 1.99. The van der Waals surface area contributed by atoms with Crippen molar-refractivity contribution in [3.05, 3.63) is 35.4 Å². The lowest BCUT2D eigenvalue weighted by Crippen LogP contribution is -2.45. The quantitative estimate of drug-likeness (QED) is 0.862. The van der Waals surface area contributed by atoms with Crippen LogP contribution >= 0.6 is 0 Å². The third kappa shape index (κ3) is 3.50. The monoisotopic (exact) mass is 254 g/mol. The topological polar surface area (TPSA) is 41.1 Å². The maximum absolute atomic E-state index is 12.4. The Kier molecular flexibility index (Phi) is 4.25. The van der Waals surface area contributed by atoms with Crippen molar-refractivity contribution >= 4 is 5.91 Å². The lowest BCUT2D eigenvalue weighted by atomic mass is 10.1. The van der Waals surface area contributed by atoms with Crippen LogP contribution in [0.2, 0.25) is 0 Å². The fourth-order valence-electron chi connectivity index (χ4n) is 1.95. The van der Waals surface area contributed by atoms with E-state index >= 15 is 0 Å². The Morgan fingerprint density at radius 1 is 1.33 bits per heavy atom. The second-order valence-corrected chi connectivity index (χ2v) is 4.46. The highest BCUT2D eigenvalue weighted by Gasteiger charge is 2.17. The lowest BCUT2D eigenvalue weighted by Gasteiger charge is -2.23. The molecule has 3 nitrogen and oxygen atoms in total. The molecule has 1 atom stereocenters. The van der Waals surface area contributed by atoms with Crippen LogP contribution in [0.15, 0.2) is 24.3 Å². The molecule has 18 heavy (non-hydrogen) atoms. The van der Waals surface area contributed by atoms with E-state index in [4.69, 9.17) is 0 Å². The number of hydrogen-bond donors (Lipinski definition) is 2. The molecule has 1 saturated heterocycles. The van der Waals surface area contributed by atoms with Crippen LogP contribution in [0.3, 0.4) is 0 Å². The number of halogens is 2. The predicted molar refractivity (Wildman–Crippen MR) is 64.3 cm³/mol. The molecule has 2 N–H and O–H groups in total. The van der Waals surface area contributed by atoms with Crippen LogP contribution in [0.1, 0.15) is 30.4 Å². The van der Waals surface area contributed by atoms with Crippen molar-refractivity contribution in [1.82, 2.24) is 10.6 Å². The Labute approximate surface area is 105 Å². The van der Waals surface area contributed by atoms with Gasteiger partial charge in [-0.1, -0.05) is 24.3 Å². The third-order valence-corrected chi connectivity index (χ3v) is 3.09. The van der Waals surface area contributed by atoms with Crippen LogP contribution in [0.25, 0.3) is 0 Å². The van der Waals surface area contributed by atoms with Gasteiger partial charge in [-0.25, -0.2) is 8.78 Å². The normalized spacial score (nSPS) is 19.9. The summed E-state index contributed by atoms with van der Waals surface area (Å²) in [7, 11) is 0. The van der Waals surface area contributed by atoms with Gasteiger partial charge in [0.15, 0.2) is 0 Å². The molecule has 0 aromatic heterocycles. The van der Waals surface area contributed by atoms with Crippen LogP contribution < -0.4 is 10.6 Å². The number of carbonyl (C=O) groups is 1. The molecule has 0 bridgehead atoms. The summed E-state index contributed by atoms with van der Waals surface area (Å²) in [6, 6.07) is 6.57. The van der Waals surface area contributed by atoms with Crippen molar-refractivity contribution in [2.45, 2.75) is 31.9 Å². The van der Waals surface area contributed by atoms with Gasteiger partial charge in [0.05, 0.1) is 0 Å². The van der Waals surface area contributed by atoms with Crippen LogP contribution in [0.5, 0.6) is 0 Å². The second-order valence-electron chi connectivity index (χ2n) is 4.46. The van der Waals surface area contributed by atoms with Crippen LogP contribution in [-0.4, -0.2) is 18.5 Å². The molecule has 1 aliphatic rings. The number of alkyl halides is 2. The van der Waals surface area contributed by atoms with E-state index in [1.54, 1.807) is 12.1 Å². The molecular weight excluding hydrogens is 238 g/mol. The van der Waals surface area contributed by atoms with E-state index in [2.05, 4.69) is 10.6 Å². The van der Waals surface area contributed by atoms with Gasteiger partial charge in [-0.15, -0.1) is 0 Å². The summed E-state index contributed by atoms with van der Waals surface area (Å²) >= 11 is 0. The van der Waals surface area contributed by atoms with E-state index in [0.717, 1.165) is 12.0 Å². The number of hydrogen-bond acceptors (Lipinski definition) is 2. The third-order valence-electron chi connectivity index (χ3n) is 3.09. The van der Waals surface area contributed by atoms with E-state index in [9.17, 15) is 13.6 Å². The highest BCUT2D eigenvalue weighted by atomic mass is 19.3. The average molecular weight is 254 g/mol. The van der Waals surface area contributed by atoms with Crippen molar-refractivity contribution in [3.8, 4) is 0 Å². The summed E-state index contributed by atoms with van der Waals surface area (Å²) in [4.78, 5) is 11.0. The first kappa shape index (κ1) is 13.0. The molecule has 1 heterocycles. The Bertz CT molecular complexity index is 396. The van der Waals surface area contributed by atoms with Gasteiger partial charge in [-0.3, -0.25) is 4.79 Å². The molecule has 1 unspecified atom stereocenters. The van der Waals surface area contributed by atoms with Crippen LogP contribution in [0, 0.1) is 0 Å². The molecule has 1 amide bonds. The van der Waals surface area contributed by atoms with Crippen molar-refractivity contribution < 1.29 is 13.6 Å². The number of carbonyl (C=O) groups excluding carboxylic acids is 1. The smallest absolute Gasteiger partial charge is 0.263 e. The summed E-state index contributed by atoms with van der Waals surface area (Å²) in [6.45, 7) is 1.26. The Morgan fingerprint density at radius 2 is 2.06 bits per heavy atom. The van der Waals surface area contributed by atoms with Gasteiger partial charge in [-0.05, 0) is 12.0 Å². The van der Waals surface area contributed by atoms with E-state index in [-0.39, 0.29) is 17.5 Å². The molecule has 1 aliphatic heterocycles. The van der Waals surface area contributed by atoms with Crippen LogP contribution in [0.4, 0.5) is 8.78 Å². The van der Waals surface area contributed by atoms with Gasteiger partial charge < -0.3 is 10.6 Å². The highest BCUT2D eigenvalue weighted by Crippen LogP contribution is 2.18. The summed E-state index contributed by atoms with van der Waals surface area (Å²) in [5.41, 5.74) is 1.01. The van der Waals surface area contributed by atoms with Gasteiger partial charge in [0.25, 0.3) is 6.43 Å². The molecule has 0 aliphatic carbocycles. The number of piperidine rings is 1. The first-order valence-corrected chi connectivity index (χ1v) is 6.02. The fourth-order valence-corrected chi connectivity index (χ4v) is 1.95. The Balaban J connectivity index is 1.81. The maximum Gasteiger partial charge on any atom is 0.263 e. The van der Waals surface area contributed by atoms with E-state index in [1.807, 2.05) is 0 Å². The minimum absolute atomic E-state index is 0.0451. The number of amides is 1. The van der Waals surface area contributed by atoms with E-state index in [1.165, 1.54) is 12.1 Å². The Hall–Kier alpha value is -1.49. The minimum atomic E-state index is -2.42. The largest absolute Gasteiger partial charge is 0.355 e. The fraction of sp³-hybridized carbons (Fsp3) is 0.462. The first-order chi connectivity index (χ1) is 8.65. The first-order valence-electron chi connectivity index (χ1n) is 6.02. The number of rotatable bonds is 4. The zero-order chi connectivity index (χ0) is 13.0. The molecule has 0 spiro atoms. The summed E-state index contributed by atoms with van der Waals surface area (Å²) in [5.74, 6) is 0.0920. The SMILES string of the molecule is O=C1CCC(NCc2ccc(C(F)F)cc2)CN1. The molecule has 0 saturated carbocycles. The van der Waals surface area contributed by atoms with Crippen molar-refractivity contribution in [3.63, 3.8) is 0 Å². The minimum Gasteiger partial charge on any atom is -0.355 e. The summed E-state index contributed by atoms with van der Waals surface area (Å²) < 4.78 is 24.7. The van der Waals surface area contributed by atoms with Gasteiger partial charge in [-0.2, -0.15) is 0 Å². The average Bonchev–Trinajstić information content (AvgIpc) is 2.38. The summed E-state index contributed by atoms with van der Waals surface area (Å²) in [6.07, 6.45) is -1.05. The van der Waals surface area contributed by atoms with Crippen molar-refractivity contribution in [1.29, 1.82) is 0 Å². The van der Waals surface area contributed by atoms with Crippen molar-refractivity contribution in [2.75, 3.05) is 6.54 Å². The van der Waals surface area contributed by atoms with E-state index in [0.29, 0.717) is 19.5 Å². The Morgan fingerprint density at radius 3 is 2.61 bits per heavy atom. The standard InChI is InChI=1S/C13H16F2N2O/c14-13(15)10-3-1-9(2-4-10)7-16-11-5-6-12(18)17-8-11/h1-4,11,13,16H,5-8H2,(H,17,18). The van der Waals surface area contributed by atoms with Crippen molar-refractivity contribution in [2.24, 2.45) is 0 Å². The van der Waals surface area contributed by atoms with Gasteiger partial charge >= 0.3 is 0 Å². The number of benzene rings is 1. The van der Waals surface area contributed by atoms with Crippen LogP contribution in [-0.2, 0) is 11.3 Å². The molecule has 98 valence electrons. The van der Waals surface area contributed by atoms with E-state index < -0.39 is 6.43 Å². The molecule has 5 heteroatoms. The molecule has 1 aromatic rings. The van der Waals surface area contributed by atoms with Gasteiger partial charge in [0.1, 0.15) is 0 Å². The van der Waals surface area contributed by atoms with Gasteiger partial charge in [0.2, 0.25) is 5.91 Å². The molecule has 1 fully saturated rings. The molecule has 0 radical (unpaired) electrons. The number of nitrogens with one attached hydrogen (secondary N) is 2. The molecule has 2 rings (SSSR count). The zero-order valence-corrected chi connectivity index (χ0v) is 9.96. The summed E-state index contributed by atoms with van der Waals surface area (Å²) in [5, 5.41) is 6.10. The molecule has 1 aromatic carbocycles. The van der Waals surface area contributed by atoms with Gasteiger partial charge in [0, 0.05) is 31.1 Å².